The van der Waals surface area contributed by atoms with Gasteiger partial charge in [-0.2, -0.15) is 0 Å². The highest BCUT2D eigenvalue weighted by Gasteiger charge is 2.63. The van der Waals surface area contributed by atoms with Crippen molar-refractivity contribution in [1.29, 1.82) is 0 Å². The molecule has 0 radical (unpaired) electrons. The van der Waals surface area contributed by atoms with E-state index in [4.69, 9.17) is 0 Å². The summed E-state index contributed by atoms with van der Waals surface area (Å²) in [5, 5.41) is 11.1. The first kappa shape index (κ1) is 32.4. The van der Waals surface area contributed by atoms with E-state index in [0.717, 1.165) is 41.6 Å². The lowest BCUT2D eigenvalue weighted by atomic mass is 9.44. The van der Waals surface area contributed by atoms with Crippen LogP contribution in [0.5, 0.6) is 0 Å². The molecule has 5 heteroatoms. The SMILES string of the molecule is CC(CO)CCC[C@@H](C)[C@H]1CC[C@H]2[C@@H]3CC(S(=O)(=O)c4cccc5c(N(C)C)cccc45)C4CCCC[C@]4(C)[C@H]3CC[C@]12C. The minimum atomic E-state index is -3.53. The summed E-state index contributed by atoms with van der Waals surface area (Å²) in [5.74, 6) is 3.86. The van der Waals surface area contributed by atoms with Gasteiger partial charge in [-0.15, -0.1) is 0 Å². The third-order valence-corrected chi connectivity index (χ3v) is 16.3. The van der Waals surface area contributed by atoms with Crippen LogP contribution in [0.15, 0.2) is 41.3 Å². The van der Waals surface area contributed by atoms with Crippen LogP contribution in [0.2, 0.25) is 0 Å². The highest BCUT2D eigenvalue weighted by Crippen LogP contribution is 2.69. The van der Waals surface area contributed by atoms with Crippen molar-refractivity contribution in [2.45, 2.75) is 115 Å². The van der Waals surface area contributed by atoms with Gasteiger partial charge < -0.3 is 10.0 Å². The number of aliphatic hydroxyl groups excluding tert-OH is 1. The first-order valence-corrected chi connectivity index (χ1v) is 19.5. The molecule has 2 aromatic rings. The Morgan fingerprint density at radius 2 is 1.59 bits per heavy atom. The minimum Gasteiger partial charge on any atom is -0.396 e. The second-order valence-corrected chi connectivity index (χ2v) is 18.6. The summed E-state index contributed by atoms with van der Waals surface area (Å²) in [6.45, 7) is 10.1. The maximum atomic E-state index is 15.1. The van der Waals surface area contributed by atoms with Gasteiger partial charge in [0.05, 0.1) is 10.1 Å². The van der Waals surface area contributed by atoms with Gasteiger partial charge in [0.1, 0.15) is 0 Å². The fourth-order valence-electron chi connectivity index (χ4n) is 11.8. The molecule has 6 rings (SSSR count). The molecule has 0 aromatic heterocycles. The van der Waals surface area contributed by atoms with Crippen LogP contribution < -0.4 is 4.90 Å². The Morgan fingerprint density at radius 3 is 2.34 bits per heavy atom. The number of aliphatic hydroxyl groups is 1. The molecule has 0 saturated heterocycles. The zero-order valence-electron chi connectivity index (χ0n) is 28.4. The lowest BCUT2D eigenvalue weighted by Gasteiger charge is -2.62. The van der Waals surface area contributed by atoms with E-state index in [2.05, 4.69) is 44.7 Å². The molecule has 0 amide bonds. The maximum Gasteiger partial charge on any atom is 0.182 e. The molecule has 244 valence electrons. The van der Waals surface area contributed by atoms with E-state index in [1.54, 1.807) is 0 Å². The van der Waals surface area contributed by atoms with Gasteiger partial charge in [0.25, 0.3) is 0 Å². The van der Waals surface area contributed by atoms with Gasteiger partial charge in [-0.1, -0.05) is 77.6 Å². The van der Waals surface area contributed by atoms with Crippen LogP contribution in [-0.2, 0) is 9.84 Å². The number of fused-ring (bicyclic) bond motifs is 6. The Labute approximate surface area is 268 Å². The average Bonchev–Trinajstić information content (AvgIpc) is 3.36. The van der Waals surface area contributed by atoms with E-state index in [0.29, 0.717) is 46.5 Å². The highest BCUT2D eigenvalue weighted by atomic mass is 32.2. The summed E-state index contributed by atoms with van der Waals surface area (Å²) in [7, 11) is 0.545. The summed E-state index contributed by atoms with van der Waals surface area (Å²) in [6, 6.07) is 12.1. The summed E-state index contributed by atoms with van der Waals surface area (Å²) in [5.41, 5.74) is 1.50. The molecule has 44 heavy (non-hydrogen) atoms. The molecule has 0 heterocycles. The van der Waals surface area contributed by atoms with Crippen LogP contribution in [0.3, 0.4) is 0 Å². The number of nitrogens with zero attached hydrogens (tertiary/aromatic N) is 1. The first-order chi connectivity index (χ1) is 20.9. The van der Waals surface area contributed by atoms with E-state index < -0.39 is 9.84 Å². The number of sulfone groups is 1. The summed E-state index contributed by atoms with van der Waals surface area (Å²) in [4.78, 5) is 2.65. The Balaban J connectivity index is 1.34. The zero-order valence-corrected chi connectivity index (χ0v) is 29.2. The van der Waals surface area contributed by atoms with Gasteiger partial charge in [0.15, 0.2) is 9.84 Å². The fraction of sp³-hybridized carbons (Fsp3) is 0.744. The van der Waals surface area contributed by atoms with E-state index in [-0.39, 0.29) is 16.6 Å². The summed E-state index contributed by atoms with van der Waals surface area (Å²) in [6.07, 6.45) is 14.3. The van der Waals surface area contributed by atoms with Crippen LogP contribution in [0.4, 0.5) is 5.69 Å². The Morgan fingerprint density at radius 1 is 0.864 bits per heavy atom. The Kier molecular flexibility index (Phi) is 8.98. The Bertz CT molecular complexity index is 1440. The Hall–Kier alpha value is -1.59. The fourth-order valence-corrected chi connectivity index (χ4v) is 14.2. The van der Waals surface area contributed by atoms with Crippen molar-refractivity contribution in [3.05, 3.63) is 36.4 Å². The normalized spacial score (nSPS) is 36.7. The average molecular weight is 622 g/mol. The van der Waals surface area contributed by atoms with E-state index >= 15 is 8.42 Å². The molecule has 10 atom stereocenters. The van der Waals surface area contributed by atoms with Crippen molar-refractivity contribution < 1.29 is 13.5 Å². The zero-order chi connectivity index (χ0) is 31.4. The molecular formula is C39H59NO3S. The molecule has 2 aromatic carbocycles. The highest BCUT2D eigenvalue weighted by molar-refractivity contribution is 7.92. The number of hydrogen-bond acceptors (Lipinski definition) is 4. The van der Waals surface area contributed by atoms with Gasteiger partial charge in [0, 0.05) is 37.2 Å². The van der Waals surface area contributed by atoms with Crippen LogP contribution in [0.1, 0.15) is 105 Å². The van der Waals surface area contributed by atoms with Gasteiger partial charge in [-0.3, -0.25) is 0 Å². The van der Waals surface area contributed by atoms with Crippen LogP contribution in [-0.4, -0.2) is 39.5 Å². The largest absolute Gasteiger partial charge is 0.396 e. The summed E-state index contributed by atoms with van der Waals surface area (Å²) >= 11 is 0. The number of benzene rings is 2. The van der Waals surface area contributed by atoms with Crippen molar-refractivity contribution in [3.63, 3.8) is 0 Å². The number of hydrogen-bond donors (Lipinski definition) is 1. The van der Waals surface area contributed by atoms with Gasteiger partial charge in [-0.05, 0) is 116 Å². The smallest absolute Gasteiger partial charge is 0.182 e. The molecule has 1 N–H and O–H groups in total. The lowest BCUT2D eigenvalue weighted by Crippen LogP contribution is -2.58. The van der Waals surface area contributed by atoms with Crippen molar-refractivity contribution >= 4 is 26.3 Å². The van der Waals surface area contributed by atoms with Crippen molar-refractivity contribution in [2.75, 3.05) is 25.6 Å². The van der Waals surface area contributed by atoms with Crippen molar-refractivity contribution in [2.24, 2.45) is 52.3 Å². The van der Waals surface area contributed by atoms with Gasteiger partial charge in [-0.25, -0.2) is 8.42 Å². The molecule has 4 nitrogen and oxygen atoms in total. The quantitative estimate of drug-likeness (QED) is 0.303. The predicted molar refractivity (Wildman–Crippen MR) is 184 cm³/mol. The minimum absolute atomic E-state index is 0.115. The molecule has 4 aliphatic rings. The van der Waals surface area contributed by atoms with Crippen molar-refractivity contribution in [3.8, 4) is 0 Å². The third kappa shape index (κ3) is 5.24. The van der Waals surface area contributed by atoms with E-state index in [1.807, 2.05) is 38.4 Å². The van der Waals surface area contributed by atoms with E-state index in [9.17, 15) is 5.11 Å². The predicted octanol–water partition coefficient (Wildman–Crippen LogP) is 9.14. The molecule has 0 spiro atoms. The number of anilines is 1. The standard InChI is InChI=1S/C39H59NO3S/c1-26(25-41)12-9-13-27(2)31-19-20-32-30-24-37(34-16-7-8-22-38(34,3)33(30)21-23-39(31,32)4)44(42,43)36-18-11-14-28-29(36)15-10-17-35(28)40(5)6/h10-11,14-15,17-18,26-27,30-34,37,41H,7-9,12-13,16,19-25H2,1-6H3/t26?,27-,30+,31-,32+,33+,34?,37?,38-,39-/m1/s1. The van der Waals surface area contributed by atoms with Gasteiger partial charge in [0.2, 0.25) is 0 Å². The van der Waals surface area contributed by atoms with Crippen LogP contribution in [0, 0.1) is 52.3 Å². The molecule has 4 fully saturated rings. The summed E-state index contributed by atoms with van der Waals surface area (Å²) < 4.78 is 30.1. The first-order valence-electron chi connectivity index (χ1n) is 18.0. The van der Waals surface area contributed by atoms with Crippen LogP contribution in [0.25, 0.3) is 10.8 Å². The van der Waals surface area contributed by atoms with Crippen LogP contribution >= 0.6 is 0 Å². The topological polar surface area (TPSA) is 57.6 Å². The van der Waals surface area contributed by atoms with E-state index in [1.165, 1.54) is 57.8 Å². The molecule has 3 unspecified atom stereocenters. The molecule has 4 aliphatic carbocycles. The monoisotopic (exact) mass is 621 g/mol. The van der Waals surface area contributed by atoms with Crippen molar-refractivity contribution in [1.82, 2.24) is 0 Å². The molecular weight excluding hydrogens is 563 g/mol. The second kappa shape index (κ2) is 12.2. The van der Waals surface area contributed by atoms with Gasteiger partial charge >= 0.3 is 0 Å². The third-order valence-electron chi connectivity index (χ3n) is 14.0. The number of rotatable bonds is 9. The molecule has 0 bridgehead atoms. The second-order valence-electron chi connectivity index (χ2n) is 16.5. The maximum absolute atomic E-state index is 15.1. The molecule has 0 aliphatic heterocycles. The lowest BCUT2D eigenvalue weighted by molar-refractivity contribution is -0.112. The molecule has 4 saturated carbocycles.